The van der Waals surface area contributed by atoms with E-state index in [1.807, 2.05) is 6.07 Å². The van der Waals surface area contributed by atoms with Crippen molar-refractivity contribution in [1.29, 1.82) is 5.26 Å². The molecule has 1 aromatic rings. The van der Waals surface area contributed by atoms with E-state index in [0.29, 0.717) is 5.75 Å². The summed E-state index contributed by atoms with van der Waals surface area (Å²) in [7, 11) is 1.43. The van der Waals surface area contributed by atoms with Crippen molar-refractivity contribution in [3.05, 3.63) is 28.3 Å². The molecule has 6 nitrogen and oxygen atoms in total. The van der Waals surface area contributed by atoms with Gasteiger partial charge in [0, 0.05) is 0 Å². The number of rotatable bonds is 5. The van der Waals surface area contributed by atoms with E-state index < -0.39 is 11.0 Å². The molecule has 0 aromatic heterocycles. The van der Waals surface area contributed by atoms with Gasteiger partial charge in [-0.25, -0.2) is 0 Å². The molecule has 0 aliphatic rings. The molecule has 0 heterocycles. The number of nitro groups is 1. The number of nitro benzene ring substituents is 1. The van der Waals surface area contributed by atoms with Crippen LogP contribution in [0.3, 0.4) is 0 Å². The summed E-state index contributed by atoms with van der Waals surface area (Å²) in [4.78, 5) is 10.3. The molecule has 1 unspecified atom stereocenters. The molecule has 17 heavy (non-hydrogen) atoms. The molecule has 0 radical (unpaired) electrons. The van der Waals surface area contributed by atoms with Crippen LogP contribution in [0.15, 0.2) is 18.2 Å². The number of nitrogens with zero attached hydrogens (tertiary/aromatic N) is 2. The molecule has 6 heteroatoms. The lowest BCUT2D eigenvalue weighted by molar-refractivity contribution is -0.386. The van der Waals surface area contributed by atoms with Crippen LogP contribution in [0.1, 0.15) is 13.3 Å². The Morgan fingerprint density at radius 3 is 2.82 bits per heavy atom. The Bertz CT molecular complexity index is 453. The standard InChI is InChI=1S/C11H12N2O4/c1-8(5-6-12)17-11-4-3-9(16-2)7-10(11)13(14)15/h3-4,7-8H,5H2,1-2H3. The Balaban J connectivity index is 2.99. The fraction of sp³-hybridized carbons (Fsp3) is 0.364. The van der Waals surface area contributed by atoms with E-state index >= 15 is 0 Å². The average Bonchev–Trinajstić information content (AvgIpc) is 2.29. The Kier molecular flexibility index (Phi) is 4.29. The molecular weight excluding hydrogens is 224 g/mol. The van der Waals surface area contributed by atoms with Gasteiger partial charge in [0.05, 0.1) is 30.6 Å². The molecule has 0 fully saturated rings. The van der Waals surface area contributed by atoms with Gasteiger partial charge in [-0.05, 0) is 19.1 Å². The smallest absolute Gasteiger partial charge is 0.314 e. The molecule has 0 saturated carbocycles. The van der Waals surface area contributed by atoms with Gasteiger partial charge in [-0.1, -0.05) is 0 Å². The second-order valence-electron chi connectivity index (χ2n) is 3.38. The molecule has 1 rings (SSSR count). The molecular formula is C11H12N2O4. The fourth-order valence-corrected chi connectivity index (χ4v) is 1.25. The van der Waals surface area contributed by atoms with Crippen LogP contribution < -0.4 is 9.47 Å². The van der Waals surface area contributed by atoms with Crippen LogP contribution in [-0.2, 0) is 0 Å². The summed E-state index contributed by atoms with van der Waals surface area (Å²) in [5.74, 6) is 0.524. The van der Waals surface area contributed by atoms with E-state index in [4.69, 9.17) is 14.7 Å². The summed E-state index contributed by atoms with van der Waals surface area (Å²) in [5, 5.41) is 19.3. The molecule has 0 N–H and O–H groups in total. The van der Waals surface area contributed by atoms with E-state index in [2.05, 4.69) is 0 Å². The molecule has 90 valence electrons. The van der Waals surface area contributed by atoms with Gasteiger partial charge in [0.15, 0.2) is 5.75 Å². The topological polar surface area (TPSA) is 85.4 Å². The van der Waals surface area contributed by atoms with Gasteiger partial charge in [0.2, 0.25) is 0 Å². The largest absolute Gasteiger partial charge is 0.496 e. The first-order valence-electron chi connectivity index (χ1n) is 4.94. The SMILES string of the molecule is COc1ccc(OC(C)CC#N)c([N+](=O)[O-])c1. The van der Waals surface area contributed by atoms with E-state index in [0.717, 1.165) is 0 Å². The van der Waals surface area contributed by atoms with Crippen LogP contribution in [0.2, 0.25) is 0 Å². The summed E-state index contributed by atoms with van der Waals surface area (Å²) < 4.78 is 10.2. The predicted molar refractivity (Wildman–Crippen MR) is 60.0 cm³/mol. The molecule has 0 bridgehead atoms. The molecule has 0 amide bonds. The van der Waals surface area contributed by atoms with E-state index in [9.17, 15) is 10.1 Å². The zero-order valence-electron chi connectivity index (χ0n) is 9.54. The molecule has 1 aromatic carbocycles. The normalized spacial score (nSPS) is 11.4. The number of nitriles is 1. The number of ether oxygens (including phenoxy) is 2. The van der Waals surface area contributed by atoms with Gasteiger partial charge in [0.1, 0.15) is 11.9 Å². The van der Waals surface area contributed by atoms with Gasteiger partial charge in [-0.3, -0.25) is 10.1 Å². The van der Waals surface area contributed by atoms with Crippen LogP contribution in [0.4, 0.5) is 5.69 Å². The van der Waals surface area contributed by atoms with Gasteiger partial charge in [-0.15, -0.1) is 0 Å². The third-order valence-corrected chi connectivity index (χ3v) is 2.07. The van der Waals surface area contributed by atoms with Crippen LogP contribution >= 0.6 is 0 Å². The lowest BCUT2D eigenvalue weighted by Gasteiger charge is -2.12. The average molecular weight is 236 g/mol. The minimum absolute atomic E-state index is 0.138. The summed E-state index contributed by atoms with van der Waals surface area (Å²) >= 11 is 0. The van der Waals surface area contributed by atoms with Crippen LogP contribution in [0.5, 0.6) is 11.5 Å². The van der Waals surface area contributed by atoms with Crippen molar-refractivity contribution >= 4 is 5.69 Å². The first-order chi connectivity index (χ1) is 8.08. The van der Waals surface area contributed by atoms with Gasteiger partial charge >= 0.3 is 5.69 Å². The van der Waals surface area contributed by atoms with E-state index in [1.54, 1.807) is 13.0 Å². The molecule has 0 saturated heterocycles. The minimum atomic E-state index is -0.545. The van der Waals surface area contributed by atoms with Crippen molar-refractivity contribution in [2.45, 2.75) is 19.4 Å². The zero-order chi connectivity index (χ0) is 12.8. The van der Waals surface area contributed by atoms with Crippen molar-refractivity contribution in [3.63, 3.8) is 0 Å². The number of benzene rings is 1. The maximum Gasteiger partial charge on any atom is 0.314 e. The number of hydrogen-bond donors (Lipinski definition) is 0. The lowest BCUT2D eigenvalue weighted by Crippen LogP contribution is -2.11. The van der Waals surface area contributed by atoms with Gasteiger partial charge < -0.3 is 9.47 Å². The maximum atomic E-state index is 10.8. The highest BCUT2D eigenvalue weighted by Gasteiger charge is 2.18. The third-order valence-electron chi connectivity index (χ3n) is 2.07. The molecule has 0 aliphatic heterocycles. The van der Waals surface area contributed by atoms with Gasteiger partial charge in [0.25, 0.3) is 0 Å². The van der Waals surface area contributed by atoms with Crippen molar-refractivity contribution in [1.82, 2.24) is 0 Å². The van der Waals surface area contributed by atoms with E-state index in [-0.39, 0.29) is 17.9 Å². The summed E-state index contributed by atoms with van der Waals surface area (Å²) in [5.41, 5.74) is -0.172. The maximum absolute atomic E-state index is 10.8. The van der Waals surface area contributed by atoms with Crippen molar-refractivity contribution < 1.29 is 14.4 Å². The zero-order valence-corrected chi connectivity index (χ0v) is 9.54. The summed E-state index contributed by atoms with van der Waals surface area (Å²) in [6.45, 7) is 1.68. The highest BCUT2D eigenvalue weighted by molar-refractivity contribution is 5.51. The lowest BCUT2D eigenvalue weighted by atomic mass is 10.2. The quantitative estimate of drug-likeness (QED) is 0.578. The predicted octanol–water partition coefficient (Wildman–Crippen LogP) is 2.28. The van der Waals surface area contributed by atoms with Crippen LogP contribution in [0, 0.1) is 21.4 Å². The number of hydrogen-bond acceptors (Lipinski definition) is 5. The van der Waals surface area contributed by atoms with Crippen molar-refractivity contribution in [3.8, 4) is 17.6 Å². The highest BCUT2D eigenvalue weighted by atomic mass is 16.6. The van der Waals surface area contributed by atoms with Crippen LogP contribution in [0.25, 0.3) is 0 Å². The molecule has 0 aliphatic carbocycles. The summed E-state index contributed by atoms with van der Waals surface area (Å²) in [6, 6.07) is 6.26. The third kappa shape index (κ3) is 3.34. The Labute approximate surface area is 98.5 Å². The Morgan fingerprint density at radius 2 is 2.29 bits per heavy atom. The molecule has 1 atom stereocenters. The number of methoxy groups -OCH3 is 1. The second kappa shape index (κ2) is 5.70. The fourth-order valence-electron chi connectivity index (χ4n) is 1.25. The summed E-state index contributed by atoms with van der Waals surface area (Å²) in [6.07, 6.45) is -0.226. The first kappa shape index (κ1) is 12.8. The Morgan fingerprint density at radius 1 is 1.59 bits per heavy atom. The van der Waals surface area contributed by atoms with E-state index in [1.165, 1.54) is 19.2 Å². The van der Waals surface area contributed by atoms with Crippen molar-refractivity contribution in [2.75, 3.05) is 7.11 Å². The minimum Gasteiger partial charge on any atom is -0.496 e. The highest BCUT2D eigenvalue weighted by Crippen LogP contribution is 2.31. The Hall–Kier alpha value is -2.29. The second-order valence-corrected chi connectivity index (χ2v) is 3.38. The van der Waals surface area contributed by atoms with Crippen molar-refractivity contribution in [2.24, 2.45) is 0 Å². The van der Waals surface area contributed by atoms with Gasteiger partial charge in [-0.2, -0.15) is 5.26 Å². The van der Waals surface area contributed by atoms with Crippen LogP contribution in [-0.4, -0.2) is 18.1 Å². The monoisotopic (exact) mass is 236 g/mol. The first-order valence-corrected chi connectivity index (χ1v) is 4.94. The molecule has 0 spiro atoms.